The van der Waals surface area contributed by atoms with E-state index < -0.39 is 11.3 Å². The summed E-state index contributed by atoms with van der Waals surface area (Å²) in [6.45, 7) is 3.66. The molecule has 2 N–H and O–H groups in total. The van der Waals surface area contributed by atoms with Crippen LogP contribution in [-0.4, -0.2) is 20.9 Å². The maximum absolute atomic E-state index is 14.2. The predicted octanol–water partition coefficient (Wildman–Crippen LogP) is 3.17. The van der Waals surface area contributed by atoms with Crippen molar-refractivity contribution in [3.8, 4) is 5.69 Å². The molecule has 6 heteroatoms. The minimum atomic E-state index is -1.07. The number of benzene rings is 2. The number of para-hydroxylation sites is 1. The lowest BCUT2D eigenvalue weighted by Crippen LogP contribution is -2.45. The zero-order valence-corrected chi connectivity index (χ0v) is 15.2. The minimum Gasteiger partial charge on any atom is -0.289 e. The summed E-state index contributed by atoms with van der Waals surface area (Å²) in [5.74, 6) is -0.905. The van der Waals surface area contributed by atoms with Gasteiger partial charge in [0.25, 0.3) is 5.91 Å². The molecular weight excluding hydrogens is 345 g/mol. The molecule has 0 aliphatic heterocycles. The normalized spacial score (nSPS) is 18.4. The molecule has 3 aromatic rings. The number of hydroxylamine groups is 1. The molecule has 138 valence electrons. The van der Waals surface area contributed by atoms with E-state index in [4.69, 9.17) is 0 Å². The number of rotatable bonds is 3. The van der Waals surface area contributed by atoms with Crippen LogP contribution in [0.4, 0.5) is 4.39 Å². The fourth-order valence-corrected chi connectivity index (χ4v) is 4.13. The van der Waals surface area contributed by atoms with Gasteiger partial charge in [0.2, 0.25) is 0 Å². The number of carbonyl (C=O) groups is 1. The third-order valence-electron chi connectivity index (χ3n) is 5.58. The van der Waals surface area contributed by atoms with E-state index in [1.807, 2.05) is 35.9 Å². The first kappa shape index (κ1) is 17.4. The second-order valence-corrected chi connectivity index (χ2v) is 7.10. The van der Waals surface area contributed by atoms with Gasteiger partial charge in [-0.05, 0) is 54.7 Å². The molecule has 1 aliphatic carbocycles. The topological polar surface area (TPSA) is 67.2 Å². The first-order chi connectivity index (χ1) is 13.0. The number of halogens is 1. The fraction of sp³-hybridized carbons (Fsp3) is 0.238. The maximum atomic E-state index is 14.2. The maximum Gasteiger partial charge on any atom is 0.254 e. The van der Waals surface area contributed by atoms with Crippen LogP contribution in [0.2, 0.25) is 0 Å². The Labute approximate surface area is 156 Å². The number of carbonyl (C=O) groups excluding carboxylic acids is 1. The van der Waals surface area contributed by atoms with E-state index in [0.29, 0.717) is 24.0 Å². The summed E-state index contributed by atoms with van der Waals surface area (Å²) in [6, 6.07) is 12.6. The second kappa shape index (κ2) is 6.32. The summed E-state index contributed by atoms with van der Waals surface area (Å²) < 4.78 is 16.0. The number of hydrogen-bond donors (Lipinski definition) is 2. The molecule has 0 saturated carbocycles. The van der Waals surface area contributed by atoms with Crippen molar-refractivity contribution in [1.29, 1.82) is 0 Å². The predicted molar refractivity (Wildman–Crippen MR) is 98.5 cm³/mol. The average Bonchev–Trinajstić information content (AvgIpc) is 3.22. The van der Waals surface area contributed by atoms with Gasteiger partial charge < -0.3 is 0 Å². The molecule has 0 spiro atoms. The van der Waals surface area contributed by atoms with Crippen LogP contribution < -0.4 is 5.48 Å². The summed E-state index contributed by atoms with van der Waals surface area (Å²) in [6.07, 6.45) is 2.43. The Morgan fingerprint density at radius 2 is 1.96 bits per heavy atom. The lowest BCUT2D eigenvalue weighted by atomic mass is 9.75. The van der Waals surface area contributed by atoms with Crippen LogP contribution >= 0.6 is 0 Å². The highest BCUT2D eigenvalue weighted by Gasteiger charge is 2.48. The Morgan fingerprint density at radius 1 is 1.19 bits per heavy atom. The smallest absolute Gasteiger partial charge is 0.254 e. The van der Waals surface area contributed by atoms with Gasteiger partial charge in [0.1, 0.15) is 5.82 Å². The molecule has 1 aromatic heterocycles. The van der Waals surface area contributed by atoms with Crippen LogP contribution in [0.3, 0.4) is 0 Å². The zero-order chi connectivity index (χ0) is 19.2. The average molecular weight is 365 g/mol. The van der Waals surface area contributed by atoms with Crippen LogP contribution in [0.25, 0.3) is 5.69 Å². The highest BCUT2D eigenvalue weighted by Crippen LogP contribution is 2.42. The van der Waals surface area contributed by atoms with Gasteiger partial charge in [0, 0.05) is 12.1 Å². The van der Waals surface area contributed by atoms with Gasteiger partial charge in [0.15, 0.2) is 0 Å². The highest BCUT2D eigenvalue weighted by molar-refractivity contribution is 5.89. The Bertz CT molecular complexity index is 1040. The van der Waals surface area contributed by atoms with Crippen molar-refractivity contribution in [2.24, 2.45) is 0 Å². The molecule has 1 aliphatic rings. The fourth-order valence-electron chi connectivity index (χ4n) is 4.13. The van der Waals surface area contributed by atoms with E-state index in [9.17, 15) is 14.4 Å². The van der Waals surface area contributed by atoms with E-state index in [2.05, 4.69) is 5.10 Å². The third-order valence-corrected chi connectivity index (χ3v) is 5.58. The quantitative estimate of drug-likeness (QED) is 0.553. The summed E-state index contributed by atoms with van der Waals surface area (Å²) in [5.41, 5.74) is 5.56. The molecule has 0 saturated heterocycles. The molecule has 4 rings (SSSR count). The van der Waals surface area contributed by atoms with Crippen LogP contribution in [0, 0.1) is 19.7 Å². The van der Waals surface area contributed by atoms with Crippen LogP contribution in [0.5, 0.6) is 0 Å². The highest BCUT2D eigenvalue weighted by atomic mass is 19.1. The van der Waals surface area contributed by atoms with Crippen molar-refractivity contribution in [3.05, 3.63) is 82.4 Å². The van der Waals surface area contributed by atoms with Gasteiger partial charge in [-0.3, -0.25) is 10.0 Å². The largest absolute Gasteiger partial charge is 0.289 e. The van der Waals surface area contributed by atoms with Crippen molar-refractivity contribution in [2.45, 2.75) is 32.1 Å². The number of nitrogens with zero attached hydrogens (tertiary/aromatic N) is 2. The first-order valence-electron chi connectivity index (χ1n) is 8.80. The van der Waals surface area contributed by atoms with Gasteiger partial charge in [-0.1, -0.05) is 30.3 Å². The molecule has 1 heterocycles. The third kappa shape index (κ3) is 2.56. The van der Waals surface area contributed by atoms with E-state index in [1.54, 1.807) is 30.7 Å². The van der Waals surface area contributed by atoms with E-state index in [0.717, 1.165) is 22.5 Å². The number of amides is 1. The van der Waals surface area contributed by atoms with E-state index in [1.165, 1.54) is 6.07 Å². The number of aromatic nitrogens is 2. The number of nitrogens with one attached hydrogen (secondary N) is 1. The van der Waals surface area contributed by atoms with Crippen molar-refractivity contribution < 1.29 is 14.4 Å². The van der Waals surface area contributed by atoms with Gasteiger partial charge >= 0.3 is 0 Å². The van der Waals surface area contributed by atoms with Crippen LogP contribution in [-0.2, 0) is 23.1 Å². The van der Waals surface area contributed by atoms with Crippen molar-refractivity contribution in [2.75, 3.05) is 0 Å². The first-order valence-corrected chi connectivity index (χ1v) is 8.80. The van der Waals surface area contributed by atoms with Crippen molar-refractivity contribution in [3.63, 3.8) is 0 Å². The molecule has 2 aromatic carbocycles. The van der Waals surface area contributed by atoms with Gasteiger partial charge in [-0.2, -0.15) is 5.10 Å². The molecule has 1 atom stereocenters. The molecule has 0 fully saturated rings. The van der Waals surface area contributed by atoms with Gasteiger partial charge in [-0.15, -0.1) is 0 Å². The lowest BCUT2D eigenvalue weighted by molar-refractivity contribution is -0.135. The van der Waals surface area contributed by atoms with Gasteiger partial charge in [-0.25, -0.2) is 14.6 Å². The molecule has 5 nitrogen and oxygen atoms in total. The number of aryl methyl sites for hydroxylation is 1. The summed E-state index contributed by atoms with van der Waals surface area (Å²) in [7, 11) is 0. The molecule has 0 bridgehead atoms. The standard InChI is InChI=1S/C21H20FN3O2/c1-13-6-3-4-9-18(13)25-19-11-21(20(26)24-27,10-15(19)12-23-25)16-7-5-8-17(22)14(16)2/h3-9,12,27H,10-11H2,1-2H3,(H,24,26). The molecule has 1 amide bonds. The van der Waals surface area contributed by atoms with E-state index in [-0.39, 0.29) is 5.82 Å². The van der Waals surface area contributed by atoms with Crippen molar-refractivity contribution in [1.82, 2.24) is 15.3 Å². The molecule has 0 radical (unpaired) electrons. The summed E-state index contributed by atoms with van der Waals surface area (Å²) >= 11 is 0. The Balaban J connectivity index is 1.86. The Morgan fingerprint density at radius 3 is 2.70 bits per heavy atom. The zero-order valence-electron chi connectivity index (χ0n) is 15.2. The Hall–Kier alpha value is -2.99. The molecular formula is C21H20FN3O2. The van der Waals surface area contributed by atoms with Gasteiger partial charge in [0.05, 0.1) is 17.3 Å². The Kier molecular flexibility index (Phi) is 4.08. The second-order valence-electron chi connectivity index (χ2n) is 7.10. The van der Waals surface area contributed by atoms with E-state index >= 15 is 0 Å². The SMILES string of the molecule is Cc1ccccc1-n1ncc2c1CC(C(=O)NO)(c1cccc(F)c1C)C2. The number of fused-ring (bicyclic) bond motifs is 1. The molecule has 1 unspecified atom stereocenters. The van der Waals surface area contributed by atoms with Crippen LogP contribution in [0.15, 0.2) is 48.7 Å². The monoisotopic (exact) mass is 365 g/mol. The number of hydrogen-bond acceptors (Lipinski definition) is 3. The molecule has 27 heavy (non-hydrogen) atoms. The van der Waals surface area contributed by atoms with Crippen molar-refractivity contribution >= 4 is 5.91 Å². The van der Waals surface area contributed by atoms with Crippen LogP contribution in [0.1, 0.15) is 27.9 Å². The lowest BCUT2D eigenvalue weighted by Gasteiger charge is -2.29. The minimum absolute atomic E-state index is 0.327. The summed E-state index contributed by atoms with van der Waals surface area (Å²) in [5, 5.41) is 13.9. The summed E-state index contributed by atoms with van der Waals surface area (Å²) in [4.78, 5) is 12.8.